The first-order valence-corrected chi connectivity index (χ1v) is 46.5. The standard InChI is InChI=1S/C87H157N3O35/c1-6-8-10-12-14-16-18-20-21-22-23-24-25-26-27-28-29-31-33-35-37-39-41-43-62(101)90-54(55(98)42-40-38-36-34-32-30-19-17-15-13-11-9-7-2)50-114-82-72(109)70(107)75(60(48-94)119-82)120-84-73(110)79(67(104)58(46-92)116-84)123-81-64(89-53(5)97)78(76(61(49-95)118-81)121-83-71(108)69(106)65(102)51(3)115-83)122-85-74(111)80(68(105)59(47-93)117-85)125-87(86(112)113)44-56(99)63(88-52(4)96)77(124-87)66(103)57(100)45-91/h40,42,51,54-61,63-85,91-95,98-100,102-111H,6-39,41,43-50H2,1-5H3,(H,88,96)(H,89,97)(H,90,101)(H,112,113)/b42-40+/t51-,54?,55?,56-,57+,58+,59+,60+,61+,63+,64+,65+,66+,67-,68-,69+,70+,71-,72+,73+,74+,75+,76+,77+,78+,79-,80-,81-,82+,83-,84-,85-,87-/m0/s1. The molecule has 38 heteroatoms. The monoisotopic (exact) mass is 1800 g/mol. The van der Waals surface area contributed by atoms with Crippen LogP contribution in [-0.4, -0.2) is 362 Å². The van der Waals surface area contributed by atoms with Crippen molar-refractivity contribution in [2.75, 3.05) is 39.6 Å². The van der Waals surface area contributed by atoms with Gasteiger partial charge in [-0.25, -0.2) is 4.79 Å². The van der Waals surface area contributed by atoms with E-state index in [4.69, 9.17) is 56.8 Å². The van der Waals surface area contributed by atoms with Gasteiger partial charge in [0.05, 0.1) is 70.0 Å². The van der Waals surface area contributed by atoms with Crippen molar-refractivity contribution in [2.45, 2.75) is 474 Å². The van der Waals surface area contributed by atoms with E-state index in [1.54, 1.807) is 6.08 Å². The molecule has 2 unspecified atom stereocenters. The fourth-order valence-electron chi connectivity index (χ4n) is 17.2. The number of carboxylic acid groups (broad SMARTS) is 1. The summed E-state index contributed by atoms with van der Waals surface area (Å²) in [5.74, 6) is -7.64. The highest BCUT2D eigenvalue weighted by Gasteiger charge is 2.62. The number of carbonyl (C=O) groups excluding carboxylic acids is 3. The van der Waals surface area contributed by atoms with E-state index in [0.29, 0.717) is 12.8 Å². The van der Waals surface area contributed by atoms with E-state index in [1.165, 1.54) is 167 Å². The van der Waals surface area contributed by atoms with Crippen LogP contribution in [0.1, 0.15) is 272 Å². The van der Waals surface area contributed by atoms with Gasteiger partial charge in [0.25, 0.3) is 5.79 Å². The number of unbranched alkanes of at least 4 members (excludes halogenated alkanes) is 33. The SMILES string of the molecule is CCCCCCCCCCCCC/C=C/C(O)C(CO[C@@H]1O[C@H](CO)[C@@H](O[C@@H]2O[C@H](CO)[C@H](O)[C@H](O[C@@H]3O[C@H](CO)[C@@H](O[C@@H]4O[C@@H](C)[C@@H](O)[C@@H](O)[C@@H]4O)[C@H](O[C@@H]4O[C@H](CO)[C@H](O)[C@H](O[C@]5(C(=O)O)C[C@H](O)[C@@H](NC(C)=O)[C@H]([C@H](O)[C@H](O)CO)O5)[C@H]4O)[C@H]3NC(C)=O)[C@H]2O)[C@H](O)[C@H]1O)NC(=O)CCCCCCCCCCCCCCCCCCCCCCCCC. The average molecular weight is 1810 g/mol. The predicted molar refractivity (Wildman–Crippen MR) is 447 cm³/mol. The molecule has 0 aromatic rings. The lowest BCUT2D eigenvalue weighted by Gasteiger charge is -2.52. The zero-order valence-electron chi connectivity index (χ0n) is 74.1. The number of carboxylic acids is 1. The van der Waals surface area contributed by atoms with Gasteiger partial charge in [-0.15, -0.1) is 0 Å². The van der Waals surface area contributed by atoms with Gasteiger partial charge in [-0.05, 0) is 26.2 Å². The van der Waals surface area contributed by atoms with Crippen molar-refractivity contribution in [3.8, 4) is 0 Å². The van der Waals surface area contributed by atoms with E-state index >= 15 is 0 Å². The largest absolute Gasteiger partial charge is 0.477 e. The molecule has 0 spiro atoms. The molecule has 0 bridgehead atoms. The first-order chi connectivity index (χ1) is 60.0. The Labute approximate surface area is 735 Å². The molecular weight excluding hydrogens is 1650 g/mol. The molecule has 38 nitrogen and oxygen atoms in total. The fourth-order valence-corrected chi connectivity index (χ4v) is 17.2. The van der Waals surface area contributed by atoms with Crippen LogP contribution < -0.4 is 16.0 Å². The minimum absolute atomic E-state index is 0.149. The first-order valence-electron chi connectivity index (χ1n) is 46.5. The van der Waals surface area contributed by atoms with Gasteiger partial charge < -0.3 is 170 Å². The molecular formula is C87H157N3O35. The number of aliphatic hydroxyl groups excluding tert-OH is 18. The Morgan fingerprint density at radius 2 is 0.832 bits per heavy atom. The van der Waals surface area contributed by atoms with Crippen LogP contribution >= 0.6 is 0 Å². The van der Waals surface area contributed by atoms with Crippen LogP contribution in [0.25, 0.3) is 0 Å². The van der Waals surface area contributed by atoms with Crippen molar-refractivity contribution in [3.63, 3.8) is 0 Å². The lowest BCUT2D eigenvalue weighted by atomic mass is 9.88. The molecule has 125 heavy (non-hydrogen) atoms. The van der Waals surface area contributed by atoms with E-state index in [1.807, 2.05) is 6.08 Å². The van der Waals surface area contributed by atoms with Gasteiger partial charge >= 0.3 is 5.97 Å². The Kier molecular flexibility index (Phi) is 52.1. The number of hydrogen-bond donors (Lipinski definition) is 22. The van der Waals surface area contributed by atoms with Crippen molar-refractivity contribution >= 4 is 23.7 Å². The molecule has 0 saturated carbocycles. The summed E-state index contributed by atoms with van der Waals surface area (Å²) >= 11 is 0. The molecule has 22 N–H and O–H groups in total. The van der Waals surface area contributed by atoms with Crippen LogP contribution in [0.5, 0.6) is 0 Å². The summed E-state index contributed by atoms with van der Waals surface area (Å²) in [6.07, 6.45) is -15.4. The number of rotatable bonds is 62. The number of nitrogens with one attached hydrogen (secondary N) is 3. The molecule has 33 atom stereocenters. The predicted octanol–water partition coefficient (Wildman–Crippen LogP) is 0.930. The number of allylic oxidation sites excluding steroid dienone is 1. The summed E-state index contributed by atoms with van der Waals surface area (Å²) in [4.78, 5) is 53.0. The fraction of sp³-hybridized carbons (Fsp3) is 0.931. The summed E-state index contributed by atoms with van der Waals surface area (Å²) < 4.78 is 72.4. The highest BCUT2D eigenvalue weighted by Crippen LogP contribution is 2.41. The maximum absolute atomic E-state index is 13.7. The van der Waals surface area contributed by atoms with Crippen LogP contribution in [-0.2, 0) is 76.0 Å². The summed E-state index contributed by atoms with van der Waals surface area (Å²) in [5.41, 5.74) is 0. The third-order valence-corrected chi connectivity index (χ3v) is 24.7. The molecule has 6 heterocycles. The van der Waals surface area contributed by atoms with E-state index in [9.17, 15) is 116 Å². The van der Waals surface area contributed by atoms with Gasteiger partial charge in [0.2, 0.25) is 17.7 Å². The molecule has 6 aliphatic rings. The third-order valence-electron chi connectivity index (χ3n) is 24.7. The Morgan fingerprint density at radius 1 is 0.432 bits per heavy atom. The molecule has 0 radical (unpaired) electrons. The zero-order chi connectivity index (χ0) is 91.7. The highest BCUT2D eigenvalue weighted by atomic mass is 16.8. The van der Waals surface area contributed by atoms with Crippen LogP contribution in [0.3, 0.4) is 0 Å². The van der Waals surface area contributed by atoms with Gasteiger partial charge in [0.15, 0.2) is 31.5 Å². The maximum Gasteiger partial charge on any atom is 0.364 e. The minimum atomic E-state index is -3.30. The quantitative estimate of drug-likeness (QED) is 0.0297. The molecule has 0 aromatic heterocycles. The van der Waals surface area contributed by atoms with Crippen molar-refractivity contribution in [2.24, 2.45) is 0 Å². The van der Waals surface area contributed by atoms with Gasteiger partial charge in [-0.2, -0.15) is 0 Å². The van der Waals surface area contributed by atoms with E-state index in [2.05, 4.69) is 29.8 Å². The van der Waals surface area contributed by atoms with Crippen LogP contribution in [0.2, 0.25) is 0 Å². The Balaban J connectivity index is 1.15. The summed E-state index contributed by atoms with van der Waals surface area (Å²) in [7, 11) is 0. The third kappa shape index (κ3) is 34.8. The van der Waals surface area contributed by atoms with Crippen LogP contribution in [0, 0.1) is 0 Å². The minimum Gasteiger partial charge on any atom is -0.477 e. The number of aliphatic carboxylic acids is 1. The van der Waals surface area contributed by atoms with E-state index in [-0.39, 0.29) is 12.3 Å². The Hall–Kier alpha value is -3.58. The Morgan fingerprint density at radius 3 is 1.30 bits per heavy atom. The summed E-state index contributed by atoms with van der Waals surface area (Å²) in [6, 6.07) is -4.88. The normalized spacial score (nSPS) is 35.1. The van der Waals surface area contributed by atoms with Crippen molar-refractivity contribution in [1.82, 2.24) is 16.0 Å². The molecule has 6 aliphatic heterocycles. The highest BCUT2D eigenvalue weighted by molar-refractivity contribution is 5.77. The Bertz CT molecular complexity index is 2960. The second-order valence-electron chi connectivity index (χ2n) is 34.9. The van der Waals surface area contributed by atoms with Crippen molar-refractivity contribution < 1.29 is 173 Å². The summed E-state index contributed by atoms with van der Waals surface area (Å²) in [6.45, 7) is 1.51. The molecule has 3 amide bonds. The molecule has 6 rings (SSSR count). The topological polar surface area (TPSA) is 600 Å². The number of aliphatic hydroxyl groups is 18. The van der Waals surface area contributed by atoms with Gasteiger partial charge in [-0.3, -0.25) is 14.4 Å². The van der Waals surface area contributed by atoms with E-state index in [0.717, 1.165) is 65.2 Å². The van der Waals surface area contributed by atoms with Gasteiger partial charge in [0.1, 0.15) is 134 Å². The van der Waals surface area contributed by atoms with Crippen LogP contribution in [0.15, 0.2) is 12.2 Å². The molecule has 6 fully saturated rings. The zero-order valence-corrected chi connectivity index (χ0v) is 74.1. The molecule has 0 aliphatic carbocycles. The van der Waals surface area contributed by atoms with Crippen molar-refractivity contribution in [3.05, 3.63) is 12.2 Å². The number of ether oxygens (including phenoxy) is 12. The summed E-state index contributed by atoms with van der Waals surface area (Å²) in [5, 5.41) is 222. The molecule has 0 aromatic carbocycles. The van der Waals surface area contributed by atoms with Crippen molar-refractivity contribution in [1.29, 1.82) is 0 Å². The van der Waals surface area contributed by atoms with Gasteiger partial charge in [0, 0.05) is 26.7 Å². The molecule has 6 saturated heterocycles. The second-order valence-corrected chi connectivity index (χ2v) is 34.9. The molecule has 730 valence electrons. The smallest absolute Gasteiger partial charge is 0.364 e. The first kappa shape index (κ1) is 110. The lowest BCUT2D eigenvalue weighted by molar-refractivity contribution is -0.399. The number of hydrogen-bond acceptors (Lipinski definition) is 34. The van der Waals surface area contributed by atoms with E-state index < -0.39 is 266 Å². The number of carbonyl (C=O) groups is 4. The van der Waals surface area contributed by atoms with Crippen LogP contribution in [0.4, 0.5) is 0 Å². The number of amides is 3. The average Bonchev–Trinajstić information content (AvgIpc) is 0.752. The van der Waals surface area contributed by atoms with Gasteiger partial charge in [-0.1, -0.05) is 231 Å². The maximum atomic E-state index is 13.7. The second kappa shape index (κ2) is 59.1. The lowest BCUT2D eigenvalue weighted by Crippen LogP contribution is -2.72.